The van der Waals surface area contributed by atoms with Crippen LogP contribution in [0.5, 0.6) is 0 Å². The maximum Gasteiger partial charge on any atom is 0.407 e. The highest BCUT2D eigenvalue weighted by atomic mass is 35.5. The van der Waals surface area contributed by atoms with Gasteiger partial charge in [-0.15, -0.1) is 11.3 Å². The summed E-state index contributed by atoms with van der Waals surface area (Å²) in [5.41, 5.74) is 5.03. The number of alkyl carbamates (subject to hydrolysis) is 1. The Hall–Kier alpha value is -4.21. The van der Waals surface area contributed by atoms with Crippen LogP contribution in [-0.2, 0) is 14.9 Å². The molecular formula is C34H37ClN4O4S. The van der Waals surface area contributed by atoms with E-state index in [0.717, 1.165) is 33.5 Å². The number of halogens is 1. The van der Waals surface area contributed by atoms with Crippen molar-refractivity contribution in [2.75, 3.05) is 18.4 Å². The van der Waals surface area contributed by atoms with Crippen LogP contribution in [-0.4, -0.2) is 41.6 Å². The maximum absolute atomic E-state index is 12.9. The molecule has 44 heavy (non-hydrogen) atoms. The van der Waals surface area contributed by atoms with Gasteiger partial charge in [0.2, 0.25) is 5.91 Å². The van der Waals surface area contributed by atoms with Gasteiger partial charge in [-0.1, -0.05) is 61.8 Å². The Morgan fingerprint density at radius 3 is 2.39 bits per heavy atom. The van der Waals surface area contributed by atoms with Gasteiger partial charge in [0.1, 0.15) is 5.60 Å². The van der Waals surface area contributed by atoms with Crippen molar-refractivity contribution in [3.63, 3.8) is 0 Å². The number of rotatable bonds is 9. The average molecular weight is 633 g/mol. The summed E-state index contributed by atoms with van der Waals surface area (Å²) in [5, 5.41) is 11.2. The summed E-state index contributed by atoms with van der Waals surface area (Å²) < 4.78 is 5.32. The highest BCUT2D eigenvalue weighted by molar-refractivity contribution is 7.14. The predicted octanol–water partition coefficient (Wildman–Crippen LogP) is 7.61. The lowest BCUT2D eigenvalue weighted by Gasteiger charge is -2.27. The molecule has 0 saturated carbocycles. The Morgan fingerprint density at radius 2 is 1.66 bits per heavy atom. The number of nitrogens with one attached hydrogen (secondary N) is 3. The third-order valence-electron chi connectivity index (χ3n) is 6.81. The first-order valence-electron chi connectivity index (χ1n) is 14.2. The van der Waals surface area contributed by atoms with Crippen LogP contribution in [0.3, 0.4) is 0 Å². The number of aryl methyl sites for hydroxylation is 1. The minimum absolute atomic E-state index is 0.217. The summed E-state index contributed by atoms with van der Waals surface area (Å²) >= 11 is 7.51. The second-order valence-electron chi connectivity index (χ2n) is 12.1. The van der Waals surface area contributed by atoms with Gasteiger partial charge in [-0.25, -0.2) is 9.78 Å². The fourth-order valence-electron chi connectivity index (χ4n) is 4.43. The largest absolute Gasteiger partial charge is 0.444 e. The van der Waals surface area contributed by atoms with E-state index in [1.165, 1.54) is 11.3 Å². The molecule has 230 valence electrons. The van der Waals surface area contributed by atoms with Crippen molar-refractivity contribution in [1.29, 1.82) is 0 Å². The molecule has 0 radical (unpaired) electrons. The Kier molecular flexibility index (Phi) is 10.1. The van der Waals surface area contributed by atoms with E-state index >= 15 is 0 Å². The zero-order valence-corrected chi connectivity index (χ0v) is 27.3. The Balaban J connectivity index is 1.34. The number of carbonyl (C=O) groups excluding carboxylic acids is 3. The lowest BCUT2D eigenvalue weighted by atomic mass is 9.84. The van der Waals surface area contributed by atoms with E-state index < -0.39 is 17.1 Å². The molecule has 4 rings (SSSR count). The van der Waals surface area contributed by atoms with Crippen LogP contribution in [0.1, 0.15) is 56.1 Å². The van der Waals surface area contributed by atoms with Crippen molar-refractivity contribution in [3.8, 4) is 22.4 Å². The van der Waals surface area contributed by atoms with Crippen molar-refractivity contribution in [1.82, 2.24) is 15.6 Å². The standard InChI is InChI=1S/C34H37ClN4O4S/c1-21-13-14-23(17-27(21)22-9-8-12-26(35)16-22)28-19-44-31(38-28)39-29(40)18-36-30(41)24-10-7-11-25(15-24)34(5,6)20-37-32(42)43-33(2,3)4/h7-17,19H,18,20H2,1-6H3,(H,36,41)(H,37,42)(H,38,39,40). The molecule has 0 spiro atoms. The van der Waals surface area contributed by atoms with E-state index in [4.69, 9.17) is 16.3 Å². The van der Waals surface area contributed by atoms with Gasteiger partial charge in [0.05, 0.1) is 12.2 Å². The third-order valence-corrected chi connectivity index (χ3v) is 7.80. The average Bonchev–Trinajstić information content (AvgIpc) is 3.42. The molecule has 0 saturated heterocycles. The minimum Gasteiger partial charge on any atom is -0.444 e. The molecule has 0 atom stereocenters. The molecule has 3 aromatic carbocycles. The Bertz CT molecular complexity index is 1680. The highest BCUT2D eigenvalue weighted by Crippen LogP contribution is 2.32. The summed E-state index contributed by atoms with van der Waals surface area (Å²) in [4.78, 5) is 42.2. The second kappa shape index (κ2) is 13.6. The number of thiazole rings is 1. The molecule has 0 fully saturated rings. The quantitative estimate of drug-likeness (QED) is 0.176. The number of aromatic nitrogens is 1. The van der Waals surface area contributed by atoms with Gasteiger partial charge < -0.3 is 20.7 Å². The summed E-state index contributed by atoms with van der Waals surface area (Å²) in [6.07, 6.45) is -0.501. The van der Waals surface area contributed by atoms with E-state index in [-0.39, 0.29) is 18.4 Å². The van der Waals surface area contributed by atoms with Gasteiger partial charge >= 0.3 is 6.09 Å². The Labute approximate surface area is 267 Å². The van der Waals surface area contributed by atoms with Crippen molar-refractivity contribution < 1.29 is 19.1 Å². The molecule has 3 amide bonds. The molecule has 0 aliphatic heterocycles. The van der Waals surface area contributed by atoms with Crippen molar-refractivity contribution >= 4 is 46.0 Å². The highest BCUT2D eigenvalue weighted by Gasteiger charge is 2.24. The van der Waals surface area contributed by atoms with E-state index in [9.17, 15) is 14.4 Å². The first kappa shape index (κ1) is 32.7. The van der Waals surface area contributed by atoms with Gasteiger partial charge in [0.15, 0.2) is 5.13 Å². The topological polar surface area (TPSA) is 109 Å². The first-order valence-corrected chi connectivity index (χ1v) is 15.4. The summed E-state index contributed by atoms with van der Waals surface area (Å²) in [7, 11) is 0. The van der Waals surface area contributed by atoms with Gasteiger partial charge in [-0.05, 0) is 80.3 Å². The molecule has 3 N–H and O–H groups in total. The van der Waals surface area contributed by atoms with Crippen LogP contribution < -0.4 is 16.0 Å². The van der Waals surface area contributed by atoms with Crippen molar-refractivity contribution in [2.24, 2.45) is 0 Å². The number of hydrogen-bond donors (Lipinski definition) is 3. The van der Waals surface area contributed by atoms with Gasteiger partial charge in [-0.3, -0.25) is 9.59 Å². The number of benzene rings is 3. The van der Waals surface area contributed by atoms with Crippen LogP contribution >= 0.6 is 22.9 Å². The second-order valence-corrected chi connectivity index (χ2v) is 13.4. The van der Waals surface area contributed by atoms with Crippen molar-refractivity contribution in [2.45, 2.75) is 52.6 Å². The number of ether oxygens (including phenoxy) is 1. The zero-order chi connectivity index (χ0) is 32.1. The number of anilines is 1. The summed E-state index contributed by atoms with van der Waals surface area (Å²) in [6.45, 7) is 11.5. The first-order chi connectivity index (χ1) is 20.7. The van der Waals surface area contributed by atoms with Crippen molar-refractivity contribution in [3.05, 3.63) is 93.8 Å². The molecule has 0 unspecified atom stereocenters. The summed E-state index contributed by atoms with van der Waals surface area (Å²) in [5.74, 6) is -0.772. The Morgan fingerprint density at radius 1 is 0.909 bits per heavy atom. The zero-order valence-electron chi connectivity index (χ0n) is 25.7. The lowest BCUT2D eigenvalue weighted by molar-refractivity contribution is -0.115. The van der Waals surface area contributed by atoms with Crippen LogP contribution in [0.4, 0.5) is 9.93 Å². The van der Waals surface area contributed by atoms with Gasteiger partial charge in [0.25, 0.3) is 5.91 Å². The third kappa shape index (κ3) is 8.90. The molecular weight excluding hydrogens is 596 g/mol. The van der Waals surface area contributed by atoms with E-state index in [1.807, 2.05) is 68.6 Å². The summed E-state index contributed by atoms with van der Waals surface area (Å²) in [6, 6.07) is 20.9. The molecule has 0 aliphatic rings. The van der Waals surface area contributed by atoms with E-state index in [1.54, 1.807) is 39.0 Å². The van der Waals surface area contributed by atoms with Crippen LogP contribution in [0, 0.1) is 6.92 Å². The molecule has 1 heterocycles. The molecule has 0 aliphatic carbocycles. The maximum atomic E-state index is 12.9. The van der Waals surface area contributed by atoms with Gasteiger partial charge in [0, 0.05) is 33.5 Å². The number of hydrogen-bond acceptors (Lipinski definition) is 6. The smallest absolute Gasteiger partial charge is 0.407 e. The number of carbonyl (C=O) groups is 3. The number of nitrogens with zero attached hydrogens (tertiary/aromatic N) is 1. The van der Waals surface area contributed by atoms with Crippen LogP contribution in [0.2, 0.25) is 5.02 Å². The van der Waals surface area contributed by atoms with E-state index in [0.29, 0.717) is 22.3 Å². The normalized spacial score (nSPS) is 11.5. The molecule has 4 aromatic rings. The fourth-order valence-corrected chi connectivity index (χ4v) is 5.36. The fraction of sp³-hybridized carbons (Fsp3) is 0.294. The molecule has 8 nitrogen and oxygen atoms in total. The minimum atomic E-state index is -0.594. The molecule has 1 aromatic heterocycles. The molecule has 0 bridgehead atoms. The number of amides is 3. The van der Waals surface area contributed by atoms with Gasteiger partial charge in [-0.2, -0.15) is 0 Å². The predicted molar refractivity (Wildman–Crippen MR) is 177 cm³/mol. The van der Waals surface area contributed by atoms with Crippen LogP contribution in [0.15, 0.2) is 72.1 Å². The van der Waals surface area contributed by atoms with E-state index in [2.05, 4.69) is 27.0 Å². The SMILES string of the molecule is Cc1ccc(-c2csc(NC(=O)CNC(=O)c3cccc(C(C)(C)CNC(=O)OC(C)(C)C)c3)n2)cc1-c1cccc(Cl)c1. The molecule has 10 heteroatoms. The lowest BCUT2D eigenvalue weighted by Crippen LogP contribution is -2.40. The van der Waals surface area contributed by atoms with Crippen LogP contribution in [0.25, 0.3) is 22.4 Å². The monoisotopic (exact) mass is 632 g/mol.